The van der Waals surface area contributed by atoms with Crippen molar-refractivity contribution in [2.45, 2.75) is 32.0 Å². The number of alkyl halides is 3. The summed E-state index contributed by atoms with van der Waals surface area (Å²) in [6.45, 7) is 1.57. The Bertz CT molecular complexity index is 1250. The van der Waals surface area contributed by atoms with Gasteiger partial charge in [0.2, 0.25) is 11.7 Å². The molecule has 0 aliphatic carbocycles. The molecule has 1 aromatic heterocycles. The quantitative estimate of drug-likeness (QED) is 0.530. The van der Waals surface area contributed by atoms with Crippen molar-refractivity contribution >= 4 is 51.3 Å². The predicted octanol–water partition coefficient (Wildman–Crippen LogP) is 4.59. The maximum atomic E-state index is 13.0. The number of nitrogens with one attached hydrogen (secondary N) is 1. The minimum Gasteiger partial charge on any atom is -0.325 e. The van der Waals surface area contributed by atoms with Crippen LogP contribution in [0.15, 0.2) is 47.8 Å². The first-order valence-electron chi connectivity index (χ1n) is 9.93. The standard InChI is InChI=1S/C23H17F3N2O4S/c1-12(8-19(30)27-14-9-15(33-11-14)10-18(29)23(24,25)26)28-21(31)16-6-2-4-13-5-3-7-17(20(13)16)22(28)32/h2-7,9,11-12H,8,10H2,1H3,(H,27,30). The van der Waals surface area contributed by atoms with Gasteiger partial charge in [0.05, 0.1) is 12.1 Å². The highest BCUT2D eigenvalue weighted by Gasteiger charge is 2.38. The molecule has 2 aromatic carbocycles. The second-order valence-corrected chi connectivity index (χ2v) is 8.69. The van der Waals surface area contributed by atoms with Gasteiger partial charge in [-0.05, 0) is 30.5 Å². The largest absolute Gasteiger partial charge is 0.450 e. The van der Waals surface area contributed by atoms with Crippen molar-refractivity contribution in [3.63, 3.8) is 0 Å². The van der Waals surface area contributed by atoms with Gasteiger partial charge < -0.3 is 5.32 Å². The molecular formula is C23H17F3N2O4S. The van der Waals surface area contributed by atoms with E-state index < -0.39 is 42.1 Å². The maximum absolute atomic E-state index is 13.0. The highest BCUT2D eigenvalue weighted by atomic mass is 32.1. The SMILES string of the molecule is CC(CC(=O)Nc1csc(CC(=O)C(F)(F)F)c1)N1C(=O)c2cccc3cccc(c23)C1=O. The monoisotopic (exact) mass is 474 g/mol. The van der Waals surface area contributed by atoms with Crippen LogP contribution >= 0.6 is 11.3 Å². The lowest BCUT2D eigenvalue weighted by molar-refractivity contribution is -0.170. The number of carbonyl (C=O) groups excluding carboxylic acids is 4. The number of hydrogen-bond acceptors (Lipinski definition) is 5. The Morgan fingerprint density at radius 1 is 1.06 bits per heavy atom. The summed E-state index contributed by atoms with van der Waals surface area (Å²) < 4.78 is 37.3. The van der Waals surface area contributed by atoms with Gasteiger partial charge in [-0.3, -0.25) is 24.1 Å². The molecule has 1 aliphatic rings. The van der Waals surface area contributed by atoms with Gasteiger partial charge in [-0.15, -0.1) is 11.3 Å². The Kier molecular flexibility index (Phi) is 5.79. The van der Waals surface area contributed by atoms with Gasteiger partial charge in [0.1, 0.15) is 0 Å². The topological polar surface area (TPSA) is 83.6 Å². The molecular weight excluding hydrogens is 457 g/mol. The molecule has 10 heteroatoms. The number of benzene rings is 2. The first-order chi connectivity index (χ1) is 15.6. The van der Waals surface area contributed by atoms with Crippen LogP contribution in [-0.2, 0) is 16.0 Å². The molecule has 1 unspecified atom stereocenters. The van der Waals surface area contributed by atoms with E-state index in [1.165, 1.54) is 11.4 Å². The number of Topliss-reactive ketones (excluding diaryl/α,β-unsaturated/α-hetero) is 1. The molecule has 2 heterocycles. The summed E-state index contributed by atoms with van der Waals surface area (Å²) >= 11 is 0.919. The molecule has 1 aliphatic heterocycles. The molecule has 33 heavy (non-hydrogen) atoms. The molecule has 0 radical (unpaired) electrons. The van der Waals surface area contributed by atoms with Gasteiger partial charge in [0.15, 0.2) is 0 Å². The fourth-order valence-electron chi connectivity index (χ4n) is 3.82. The van der Waals surface area contributed by atoms with E-state index in [0.29, 0.717) is 16.5 Å². The third kappa shape index (κ3) is 4.38. The molecule has 0 spiro atoms. The summed E-state index contributed by atoms with van der Waals surface area (Å²) in [6.07, 6.45) is -5.93. The number of halogens is 3. The summed E-state index contributed by atoms with van der Waals surface area (Å²) in [6, 6.07) is 10.9. The van der Waals surface area contributed by atoms with Gasteiger partial charge in [-0.2, -0.15) is 13.2 Å². The summed E-state index contributed by atoms with van der Waals surface area (Å²) in [5, 5.41) is 5.33. The Balaban J connectivity index is 1.45. The number of carbonyl (C=O) groups is 4. The van der Waals surface area contributed by atoms with Gasteiger partial charge in [0.25, 0.3) is 11.8 Å². The lowest BCUT2D eigenvalue weighted by Crippen LogP contribution is -2.47. The number of nitrogens with zero attached hydrogens (tertiary/aromatic N) is 1. The van der Waals surface area contributed by atoms with Crippen LogP contribution in [0.4, 0.5) is 18.9 Å². The van der Waals surface area contributed by atoms with E-state index in [0.717, 1.165) is 21.6 Å². The predicted molar refractivity (Wildman–Crippen MR) is 116 cm³/mol. The van der Waals surface area contributed by atoms with Crippen molar-refractivity contribution in [3.8, 4) is 0 Å². The Hall–Kier alpha value is -3.53. The summed E-state index contributed by atoms with van der Waals surface area (Å²) in [5.74, 6) is -3.37. The fraction of sp³-hybridized carbons (Fsp3) is 0.217. The number of thiophene rings is 1. The summed E-state index contributed by atoms with van der Waals surface area (Å²) in [5.41, 5.74) is 1.01. The highest BCUT2D eigenvalue weighted by molar-refractivity contribution is 7.10. The third-order valence-electron chi connectivity index (χ3n) is 5.31. The average molecular weight is 474 g/mol. The number of amides is 3. The van der Waals surface area contributed by atoms with Crippen LogP contribution in [0.2, 0.25) is 0 Å². The average Bonchev–Trinajstić information content (AvgIpc) is 3.17. The molecule has 0 bridgehead atoms. The van der Waals surface area contributed by atoms with E-state index in [1.54, 1.807) is 31.2 Å². The number of ketones is 1. The molecule has 4 rings (SSSR count). The number of anilines is 1. The van der Waals surface area contributed by atoms with Crippen molar-refractivity contribution in [2.24, 2.45) is 0 Å². The molecule has 170 valence electrons. The van der Waals surface area contributed by atoms with E-state index in [-0.39, 0.29) is 17.0 Å². The zero-order valence-electron chi connectivity index (χ0n) is 17.2. The zero-order valence-corrected chi connectivity index (χ0v) is 18.0. The minimum absolute atomic E-state index is 0.159. The lowest BCUT2D eigenvalue weighted by Gasteiger charge is -2.31. The van der Waals surface area contributed by atoms with Crippen molar-refractivity contribution in [3.05, 3.63) is 63.8 Å². The molecule has 0 saturated carbocycles. The van der Waals surface area contributed by atoms with Gasteiger partial charge in [-0.25, -0.2) is 0 Å². The van der Waals surface area contributed by atoms with Crippen LogP contribution in [0.5, 0.6) is 0 Å². The zero-order chi connectivity index (χ0) is 23.9. The van der Waals surface area contributed by atoms with Crippen molar-refractivity contribution in [1.82, 2.24) is 4.90 Å². The molecule has 0 saturated heterocycles. The van der Waals surface area contributed by atoms with Crippen LogP contribution in [0.1, 0.15) is 38.9 Å². The van der Waals surface area contributed by atoms with E-state index in [4.69, 9.17) is 0 Å². The van der Waals surface area contributed by atoms with Crippen LogP contribution in [0, 0.1) is 0 Å². The molecule has 1 atom stereocenters. The van der Waals surface area contributed by atoms with Crippen LogP contribution in [0.3, 0.4) is 0 Å². The molecule has 0 fully saturated rings. The Morgan fingerprint density at radius 3 is 2.24 bits per heavy atom. The molecule has 3 amide bonds. The highest BCUT2D eigenvalue weighted by Crippen LogP contribution is 2.31. The van der Waals surface area contributed by atoms with E-state index >= 15 is 0 Å². The van der Waals surface area contributed by atoms with Gasteiger partial charge >= 0.3 is 6.18 Å². The second kappa shape index (κ2) is 8.43. The number of hydrogen-bond donors (Lipinski definition) is 1. The number of imide groups is 1. The van der Waals surface area contributed by atoms with Crippen LogP contribution < -0.4 is 5.32 Å². The summed E-state index contributed by atoms with van der Waals surface area (Å²) in [7, 11) is 0. The van der Waals surface area contributed by atoms with E-state index in [9.17, 15) is 32.3 Å². The van der Waals surface area contributed by atoms with E-state index in [2.05, 4.69) is 5.32 Å². The van der Waals surface area contributed by atoms with E-state index in [1.807, 2.05) is 12.1 Å². The normalized spacial score (nSPS) is 14.5. The first-order valence-corrected chi connectivity index (χ1v) is 10.8. The smallest absolute Gasteiger partial charge is 0.325 e. The Morgan fingerprint density at radius 2 is 1.67 bits per heavy atom. The third-order valence-corrected chi connectivity index (χ3v) is 6.25. The van der Waals surface area contributed by atoms with Crippen molar-refractivity contribution in [1.29, 1.82) is 0 Å². The van der Waals surface area contributed by atoms with Crippen LogP contribution in [-0.4, -0.2) is 40.6 Å². The summed E-state index contributed by atoms with van der Waals surface area (Å²) in [4.78, 5) is 50.9. The molecule has 6 nitrogen and oxygen atoms in total. The molecule has 3 aromatic rings. The number of rotatable bonds is 6. The van der Waals surface area contributed by atoms with Gasteiger partial charge in [0, 0.05) is 39.2 Å². The van der Waals surface area contributed by atoms with Crippen molar-refractivity contribution < 1.29 is 32.3 Å². The second-order valence-electron chi connectivity index (χ2n) is 7.69. The molecule has 1 N–H and O–H groups in total. The fourth-order valence-corrected chi connectivity index (χ4v) is 4.63. The maximum Gasteiger partial charge on any atom is 0.450 e. The lowest BCUT2D eigenvalue weighted by atomic mass is 9.93. The Labute approximate surface area is 190 Å². The first kappa shape index (κ1) is 22.7. The minimum atomic E-state index is -4.92. The van der Waals surface area contributed by atoms with Gasteiger partial charge in [-0.1, -0.05) is 24.3 Å². The van der Waals surface area contributed by atoms with Crippen molar-refractivity contribution in [2.75, 3.05) is 5.32 Å². The van der Waals surface area contributed by atoms with Crippen LogP contribution in [0.25, 0.3) is 10.8 Å².